The Hall–Kier alpha value is -0.480. The maximum Gasteiger partial charge on any atom is 0.255 e. The van der Waals surface area contributed by atoms with Gasteiger partial charge in [-0.1, -0.05) is 30.1 Å². The molecular weight excluding hydrogens is 307 g/mol. The zero-order valence-corrected chi connectivity index (χ0v) is 13.0. The summed E-state index contributed by atoms with van der Waals surface area (Å²) in [5, 5.41) is 0.929. The van der Waals surface area contributed by atoms with Gasteiger partial charge in [-0.2, -0.15) is 0 Å². The highest BCUT2D eigenvalue weighted by Crippen LogP contribution is 2.31. The summed E-state index contributed by atoms with van der Waals surface area (Å²) in [6.07, 6.45) is 0.931. The Morgan fingerprint density at radius 1 is 1.47 bits per heavy atom. The zero-order chi connectivity index (χ0) is 13.3. The molecule has 0 spiro atoms. The molecule has 2 rings (SSSR count). The van der Waals surface area contributed by atoms with Gasteiger partial charge in [0.05, 0.1) is 10.6 Å². The lowest BCUT2D eigenvalue weighted by atomic mass is 9.90. The monoisotopic (exact) mass is 322 g/mol. The molecule has 106 valence electrons. The third kappa shape index (κ3) is 3.54. The number of halogens is 3. The summed E-state index contributed by atoms with van der Waals surface area (Å²) in [4.78, 5) is 14.1. The molecule has 1 saturated heterocycles. The molecule has 1 aliphatic rings. The molecule has 1 aromatic carbocycles. The van der Waals surface area contributed by atoms with E-state index in [1.54, 1.807) is 18.2 Å². The van der Waals surface area contributed by atoms with Gasteiger partial charge in [0.2, 0.25) is 0 Å². The largest absolute Gasteiger partial charge is 0.338 e. The van der Waals surface area contributed by atoms with Crippen LogP contribution in [0.2, 0.25) is 10.0 Å². The first-order valence-corrected chi connectivity index (χ1v) is 6.65. The van der Waals surface area contributed by atoms with E-state index in [0.29, 0.717) is 28.7 Å². The smallest absolute Gasteiger partial charge is 0.255 e. The van der Waals surface area contributed by atoms with Gasteiger partial charge in [-0.25, -0.2) is 0 Å². The summed E-state index contributed by atoms with van der Waals surface area (Å²) < 4.78 is 0. The summed E-state index contributed by atoms with van der Waals surface area (Å²) in [6, 6.07) is 4.94. The van der Waals surface area contributed by atoms with Crippen LogP contribution in [0.4, 0.5) is 0 Å². The lowest BCUT2D eigenvalue weighted by molar-refractivity contribution is 0.0777. The van der Waals surface area contributed by atoms with Crippen LogP contribution in [0.5, 0.6) is 0 Å². The van der Waals surface area contributed by atoms with E-state index in [9.17, 15) is 4.79 Å². The lowest BCUT2D eigenvalue weighted by Gasteiger charge is -2.22. The predicted octanol–water partition coefficient (Wildman–Crippen LogP) is 3.23. The van der Waals surface area contributed by atoms with Crippen LogP contribution in [-0.4, -0.2) is 30.4 Å². The number of carbonyl (C=O) groups excluding carboxylic acids is 1. The second-order valence-corrected chi connectivity index (χ2v) is 5.96. The average Bonchev–Trinajstić information content (AvgIpc) is 2.72. The number of rotatable bonds is 2. The first-order valence-electron chi connectivity index (χ1n) is 5.90. The molecule has 1 aromatic rings. The molecule has 3 nitrogen and oxygen atoms in total. The highest BCUT2D eigenvalue weighted by atomic mass is 35.5. The lowest BCUT2D eigenvalue weighted by Crippen LogP contribution is -2.34. The minimum atomic E-state index is -0.0474. The van der Waals surface area contributed by atoms with E-state index in [2.05, 4.69) is 6.92 Å². The van der Waals surface area contributed by atoms with E-state index in [1.807, 2.05) is 4.90 Å². The molecular formula is C13H17Cl3N2O. The van der Waals surface area contributed by atoms with Gasteiger partial charge in [0, 0.05) is 18.1 Å². The standard InChI is InChI=1S/C13H16Cl2N2O.ClH/c1-13(7-16)4-5-17(8-13)12(18)10-3-2-9(14)6-11(10)15;/h2-3,6H,4-5,7-8,16H2,1H3;1H. The summed E-state index contributed by atoms with van der Waals surface area (Å²) >= 11 is 11.9. The third-order valence-corrected chi connectivity index (χ3v) is 4.05. The zero-order valence-electron chi connectivity index (χ0n) is 10.7. The molecule has 1 fully saturated rings. The van der Waals surface area contributed by atoms with E-state index in [-0.39, 0.29) is 23.7 Å². The van der Waals surface area contributed by atoms with Gasteiger partial charge in [-0.15, -0.1) is 12.4 Å². The first kappa shape index (κ1) is 16.6. The van der Waals surface area contributed by atoms with Crippen molar-refractivity contribution in [3.8, 4) is 0 Å². The highest BCUT2D eigenvalue weighted by molar-refractivity contribution is 6.36. The number of hydrogen-bond acceptors (Lipinski definition) is 2. The molecule has 6 heteroatoms. The van der Waals surface area contributed by atoms with Gasteiger partial charge in [0.25, 0.3) is 5.91 Å². The molecule has 2 N–H and O–H groups in total. The number of benzene rings is 1. The molecule has 1 unspecified atom stereocenters. The Bertz CT molecular complexity index is 481. The van der Waals surface area contributed by atoms with Crippen LogP contribution in [0.15, 0.2) is 18.2 Å². The fourth-order valence-electron chi connectivity index (χ4n) is 2.20. The molecule has 0 aromatic heterocycles. The van der Waals surface area contributed by atoms with Gasteiger partial charge < -0.3 is 10.6 Å². The van der Waals surface area contributed by atoms with Crippen molar-refractivity contribution in [2.24, 2.45) is 11.1 Å². The van der Waals surface area contributed by atoms with Crippen LogP contribution < -0.4 is 5.73 Å². The topological polar surface area (TPSA) is 46.3 Å². The Kier molecular flexibility index (Phi) is 5.51. The number of nitrogens with zero attached hydrogens (tertiary/aromatic N) is 1. The van der Waals surface area contributed by atoms with E-state index in [0.717, 1.165) is 13.0 Å². The number of likely N-dealkylation sites (tertiary alicyclic amines) is 1. The van der Waals surface area contributed by atoms with Crippen molar-refractivity contribution < 1.29 is 4.79 Å². The molecule has 1 atom stereocenters. The van der Waals surface area contributed by atoms with Gasteiger partial charge in [0.15, 0.2) is 0 Å². The Morgan fingerprint density at radius 3 is 2.68 bits per heavy atom. The van der Waals surface area contributed by atoms with Crippen molar-refractivity contribution in [3.63, 3.8) is 0 Å². The Morgan fingerprint density at radius 2 is 2.16 bits per heavy atom. The summed E-state index contributed by atoms with van der Waals surface area (Å²) in [5.74, 6) is -0.0474. The van der Waals surface area contributed by atoms with Gasteiger partial charge in [0.1, 0.15) is 0 Å². The van der Waals surface area contributed by atoms with Crippen molar-refractivity contribution in [1.29, 1.82) is 0 Å². The normalized spacial score (nSPS) is 22.2. The number of carbonyl (C=O) groups is 1. The number of nitrogens with two attached hydrogens (primary N) is 1. The van der Waals surface area contributed by atoms with Crippen molar-refractivity contribution in [2.45, 2.75) is 13.3 Å². The van der Waals surface area contributed by atoms with Crippen LogP contribution in [0.3, 0.4) is 0 Å². The highest BCUT2D eigenvalue weighted by Gasteiger charge is 2.35. The minimum absolute atomic E-state index is 0. The van der Waals surface area contributed by atoms with Crippen molar-refractivity contribution >= 4 is 41.5 Å². The molecule has 0 bridgehead atoms. The van der Waals surface area contributed by atoms with Gasteiger partial charge >= 0.3 is 0 Å². The molecule has 0 aliphatic carbocycles. The fourth-order valence-corrected chi connectivity index (χ4v) is 2.69. The maximum absolute atomic E-state index is 12.3. The molecule has 0 radical (unpaired) electrons. The van der Waals surface area contributed by atoms with E-state index < -0.39 is 0 Å². The second kappa shape index (κ2) is 6.31. The van der Waals surface area contributed by atoms with Crippen molar-refractivity contribution in [3.05, 3.63) is 33.8 Å². The fraction of sp³-hybridized carbons (Fsp3) is 0.462. The summed E-state index contributed by atoms with van der Waals surface area (Å²) in [6.45, 7) is 4.10. The quantitative estimate of drug-likeness (QED) is 0.908. The summed E-state index contributed by atoms with van der Waals surface area (Å²) in [7, 11) is 0. The van der Waals surface area contributed by atoms with Crippen LogP contribution in [0, 0.1) is 5.41 Å². The molecule has 1 aliphatic heterocycles. The Labute approximate surface area is 129 Å². The van der Waals surface area contributed by atoms with Gasteiger partial charge in [-0.3, -0.25) is 4.79 Å². The number of hydrogen-bond donors (Lipinski definition) is 1. The minimum Gasteiger partial charge on any atom is -0.338 e. The van der Waals surface area contributed by atoms with Crippen LogP contribution in [0.1, 0.15) is 23.7 Å². The second-order valence-electron chi connectivity index (χ2n) is 5.12. The molecule has 1 amide bonds. The number of amides is 1. The van der Waals surface area contributed by atoms with Crippen LogP contribution >= 0.6 is 35.6 Å². The molecule has 0 saturated carbocycles. The van der Waals surface area contributed by atoms with E-state index in [4.69, 9.17) is 28.9 Å². The average molecular weight is 324 g/mol. The van der Waals surface area contributed by atoms with E-state index >= 15 is 0 Å². The van der Waals surface area contributed by atoms with Crippen LogP contribution in [0.25, 0.3) is 0 Å². The molecule has 1 heterocycles. The maximum atomic E-state index is 12.3. The third-order valence-electron chi connectivity index (χ3n) is 3.50. The first-order chi connectivity index (χ1) is 8.45. The predicted molar refractivity (Wildman–Crippen MR) is 81.4 cm³/mol. The van der Waals surface area contributed by atoms with Crippen LogP contribution in [-0.2, 0) is 0 Å². The van der Waals surface area contributed by atoms with Crippen molar-refractivity contribution in [1.82, 2.24) is 4.90 Å². The molecule has 19 heavy (non-hydrogen) atoms. The van der Waals surface area contributed by atoms with Gasteiger partial charge in [-0.05, 0) is 36.6 Å². The summed E-state index contributed by atoms with van der Waals surface area (Å²) in [5.41, 5.74) is 6.26. The SMILES string of the molecule is CC1(CN)CCN(C(=O)c2ccc(Cl)cc2Cl)C1.Cl. The Balaban J connectivity index is 0.00000180. The van der Waals surface area contributed by atoms with Crippen molar-refractivity contribution in [2.75, 3.05) is 19.6 Å². The van der Waals surface area contributed by atoms with E-state index in [1.165, 1.54) is 0 Å².